The molecule has 3 aromatic heterocycles. The highest BCUT2D eigenvalue weighted by molar-refractivity contribution is 7.19. The maximum absolute atomic E-state index is 13.2. The fraction of sp³-hybridized carbons (Fsp3) is 0.500. The van der Waals surface area contributed by atoms with Gasteiger partial charge in [0, 0.05) is 11.4 Å². The van der Waals surface area contributed by atoms with Gasteiger partial charge in [-0.15, -0.1) is 11.3 Å². The Morgan fingerprint density at radius 3 is 2.43 bits per heavy atom. The molecule has 0 fully saturated rings. The fourth-order valence-electron chi connectivity index (χ4n) is 3.21. The summed E-state index contributed by atoms with van der Waals surface area (Å²) in [5.41, 5.74) is 0.268. The van der Waals surface area contributed by atoms with Gasteiger partial charge in [-0.05, 0) is 84.2 Å². The molecule has 0 atom stereocenters. The lowest BCUT2D eigenvalue weighted by atomic mass is 10.2. The van der Waals surface area contributed by atoms with Crippen LogP contribution in [0.4, 0.5) is 15.4 Å². The number of amides is 2. The van der Waals surface area contributed by atoms with Gasteiger partial charge in [0.25, 0.3) is 0 Å². The molecule has 0 radical (unpaired) electrons. The summed E-state index contributed by atoms with van der Waals surface area (Å²) >= 11 is 7.73. The number of hydrogen-bond donors (Lipinski definition) is 1. The van der Waals surface area contributed by atoms with E-state index in [0.717, 1.165) is 10.4 Å². The summed E-state index contributed by atoms with van der Waals surface area (Å²) in [6.07, 6.45) is 1.03. The van der Waals surface area contributed by atoms with Crippen LogP contribution in [-0.2, 0) is 22.4 Å². The number of carbonyl (C=O) groups excluding carboxylic acids is 2. The van der Waals surface area contributed by atoms with Crippen LogP contribution in [0.3, 0.4) is 0 Å². The number of alkyl carbamates (subject to hydrolysis) is 1. The summed E-state index contributed by atoms with van der Waals surface area (Å²) in [5.74, 6) is 0.902. The van der Waals surface area contributed by atoms with E-state index in [0.29, 0.717) is 34.8 Å². The number of hydrogen-bond acceptors (Lipinski definition) is 8. The number of aromatic nitrogens is 2. The first-order chi connectivity index (χ1) is 16.2. The number of halogens is 1. The highest BCUT2D eigenvalue weighted by Crippen LogP contribution is 2.37. The number of nitrogens with zero attached hydrogens (tertiary/aromatic N) is 3. The summed E-state index contributed by atoms with van der Waals surface area (Å²) in [7, 11) is 0. The minimum atomic E-state index is -0.710. The summed E-state index contributed by atoms with van der Waals surface area (Å²) < 4.78 is 17.1. The number of nitrogens with one attached hydrogen (secondary N) is 1. The molecule has 0 unspecified atom stereocenters. The molecule has 0 aliphatic carbocycles. The van der Waals surface area contributed by atoms with Crippen LogP contribution < -0.4 is 10.2 Å². The number of carbonyl (C=O) groups is 2. The van der Waals surface area contributed by atoms with Crippen LogP contribution in [0.1, 0.15) is 57.7 Å². The highest BCUT2D eigenvalue weighted by atomic mass is 35.5. The quantitative estimate of drug-likeness (QED) is 0.381. The molecule has 0 aromatic carbocycles. The Bertz CT molecular complexity index is 1200. The van der Waals surface area contributed by atoms with Gasteiger partial charge in [-0.25, -0.2) is 14.6 Å². The van der Waals surface area contributed by atoms with E-state index in [4.69, 9.17) is 25.5 Å². The fourth-order valence-corrected chi connectivity index (χ4v) is 4.61. The molecule has 0 saturated heterocycles. The van der Waals surface area contributed by atoms with Crippen LogP contribution in [0.2, 0.25) is 5.28 Å². The maximum atomic E-state index is 13.2. The first-order valence-corrected chi connectivity index (χ1v) is 12.4. The van der Waals surface area contributed by atoms with Crippen molar-refractivity contribution in [3.63, 3.8) is 0 Å². The number of furan rings is 1. The zero-order valence-corrected chi connectivity index (χ0v) is 22.6. The Labute approximate surface area is 213 Å². The lowest BCUT2D eigenvalue weighted by molar-refractivity contribution is 0.0526. The summed E-state index contributed by atoms with van der Waals surface area (Å²) in [6, 6.07) is 3.51. The van der Waals surface area contributed by atoms with E-state index in [9.17, 15) is 9.59 Å². The van der Waals surface area contributed by atoms with Crippen molar-refractivity contribution in [3.8, 4) is 0 Å². The maximum Gasteiger partial charge on any atom is 0.416 e. The highest BCUT2D eigenvalue weighted by Gasteiger charge is 2.29. The number of fused-ring (bicyclic) bond motifs is 1. The molecule has 0 bridgehead atoms. The zero-order valence-electron chi connectivity index (χ0n) is 21.0. The van der Waals surface area contributed by atoms with E-state index in [1.165, 1.54) is 22.5 Å². The van der Waals surface area contributed by atoms with Crippen molar-refractivity contribution in [1.82, 2.24) is 15.3 Å². The van der Waals surface area contributed by atoms with Crippen molar-refractivity contribution < 1.29 is 23.5 Å². The van der Waals surface area contributed by atoms with Gasteiger partial charge >= 0.3 is 12.2 Å². The van der Waals surface area contributed by atoms with Crippen molar-refractivity contribution in [1.29, 1.82) is 0 Å². The van der Waals surface area contributed by atoms with Crippen LogP contribution in [0, 0.1) is 6.92 Å². The van der Waals surface area contributed by atoms with Crippen LogP contribution in [0.25, 0.3) is 10.2 Å². The lowest BCUT2D eigenvalue weighted by Crippen LogP contribution is -2.37. The van der Waals surface area contributed by atoms with E-state index < -0.39 is 23.4 Å². The Kier molecular flexibility index (Phi) is 7.96. The second-order valence-electron chi connectivity index (χ2n) is 9.97. The zero-order chi connectivity index (χ0) is 26.0. The standard InChI is InChI=1S/C24H31ClN4O5S/c1-14-16(10-11-26-21(30)33-23(2,3)4)35-18-17(14)27-20(25)28-19(18)29(13-15-9-8-12-32-15)22(31)34-24(5,6)7/h8-9,12H,10-11,13H2,1-7H3,(H,26,30). The Hall–Kier alpha value is -2.85. The van der Waals surface area contributed by atoms with Crippen LogP contribution in [0.15, 0.2) is 22.8 Å². The SMILES string of the molecule is Cc1c(CCNC(=O)OC(C)(C)C)sc2c(N(Cc3ccco3)C(=O)OC(C)(C)C)nc(Cl)nc12. The number of anilines is 1. The molecule has 9 nitrogen and oxygen atoms in total. The van der Waals surface area contributed by atoms with Gasteiger partial charge in [-0.3, -0.25) is 4.90 Å². The van der Waals surface area contributed by atoms with Crippen molar-refractivity contribution in [2.45, 2.75) is 72.6 Å². The van der Waals surface area contributed by atoms with Gasteiger partial charge in [-0.1, -0.05) is 0 Å². The van der Waals surface area contributed by atoms with Crippen molar-refractivity contribution in [2.24, 2.45) is 0 Å². The van der Waals surface area contributed by atoms with Crippen molar-refractivity contribution in [2.75, 3.05) is 11.4 Å². The second kappa shape index (κ2) is 10.4. The van der Waals surface area contributed by atoms with Gasteiger partial charge in [0.05, 0.1) is 23.0 Å². The van der Waals surface area contributed by atoms with E-state index in [-0.39, 0.29) is 11.8 Å². The van der Waals surface area contributed by atoms with Gasteiger partial charge in [0.15, 0.2) is 5.82 Å². The molecule has 3 heterocycles. The monoisotopic (exact) mass is 522 g/mol. The second-order valence-corrected chi connectivity index (χ2v) is 11.4. The Morgan fingerprint density at radius 1 is 1.14 bits per heavy atom. The van der Waals surface area contributed by atoms with Crippen LogP contribution in [0.5, 0.6) is 0 Å². The first kappa shape index (κ1) is 26.7. The van der Waals surface area contributed by atoms with Gasteiger partial charge in [0.2, 0.25) is 5.28 Å². The average molecular weight is 523 g/mol. The van der Waals surface area contributed by atoms with E-state index in [1.807, 2.05) is 27.7 Å². The van der Waals surface area contributed by atoms with Crippen LogP contribution in [-0.4, -0.2) is 39.9 Å². The summed E-state index contributed by atoms with van der Waals surface area (Å²) in [4.78, 5) is 36.4. The molecule has 3 aromatic rings. The molecule has 0 spiro atoms. The largest absolute Gasteiger partial charge is 0.467 e. The molecule has 1 N–H and O–H groups in total. The number of thiophene rings is 1. The lowest BCUT2D eigenvalue weighted by Gasteiger charge is -2.26. The number of ether oxygens (including phenoxy) is 2. The minimum Gasteiger partial charge on any atom is -0.467 e. The number of aryl methyl sites for hydroxylation is 1. The van der Waals surface area contributed by atoms with E-state index >= 15 is 0 Å². The molecular formula is C24H31ClN4O5S. The number of rotatable bonds is 6. The average Bonchev–Trinajstić information content (AvgIpc) is 3.32. The molecule has 35 heavy (non-hydrogen) atoms. The summed E-state index contributed by atoms with van der Waals surface area (Å²) in [5, 5.41) is 2.78. The topological polar surface area (TPSA) is 107 Å². The minimum absolute atomic E-state index is 0.0137. The molecule has 190 valence electrons. The third-order valence-electron chi connectivity index (χ3n) is 4.60. The molecule has 0 aliphatic rings. The summed E-state index contributed by atoms with van der Waals surface area (Å²) in [6.45, 7) is 13.2. The molecular weight excluding hydrogens is 492 g/mol. The Morgan fingerprint density at radius 2 is 1.83 bits per heavy atom. The predicted molar refractivity (Wildman–Crippen MR) is 136 cm³/mol. The van der Waals surface area contributed by atoms with Gasteiger partial charge in [-0.2, -0.15) is 4.98 Å². The molecule has 3 rings (SSSR count). The molecule has 0 aliphatic heterocycles. The molecule has 11 heteroatoms. The normalized spacial score (nSPS) is 12.0. The predicted octanol–water partition coefficient (Wildman–Crippen LogP) is 6.26. The van der Waals surface area contributed by atoms with Gasteiger partial charge < -0.3 is 19.2 Å². The molecule has 0 saturated carbocycles. The van der Waals surface area contributed by atoms with Crippen molar-refractivity contribution >= 4 is 51.2 Å². The third-order valence-corrected chi connectivity index (χ3v) is 6.11. The van der Waals surface area contributed by atoms with Gasteiger partial charge in [0.1, 0.15) is 17.0 Å². The van der Waals surface area contributed by atoms with E-state index in [2.05, 4.69) is 15.3 Å². The third kappa shape index (κ3) is 7.32. The van der Waals surface area contributed by atoms with Crippen molar-refractivity contribution in [3.05, 3.63) is 39.9 Å². The molecule has 2 amide bonds. The van der Waals surface area contributed by atoms with E-state index in [1.54, 1.807) is 32.9 Å². The Balaban J connectivity index is 1.94. The smallest absolute Gasteiger partial charge is 0.416 e. The first-order valence-electron chi connectivity index (χ1n) is 11.2. The van der Waals surface area contributed by atoms with Crippen LogP contribution >= 0.6 is 22.9 Å².